The van der Waals surface area contributed by atoms with E-state index in [4.69, 9.17) is 34.8 Å². The molecule has 0 aromatic heterocycles. The van der Waals surface area contributed by atoms with E-state index in [1.807, 2.05) is 0 Å². The van der Waals surface area contributed by atoms with Crippen LogP contribution in [0.25, 0.3) is 0 Å². The maximum absolute atomic E-state index is 14.2. The largest absolute Gasteiger partial charge is 0.326 e. The molecule has 170 valence electrons. The summed E-state index contributed by atoms with van der Waals surface area (Å²) in [6.07, 6.45) is 3.93. The van der Waals surface area contributed by atoms with Gasteiger partial charge in [0, 0.05) is 29.2 Å². The molecule has 4 rings (SSSR count). The number of carbonyl (C=O) groups excluding carboxylic acids is 1. The molecule has 1 fully saturated rings. The highest BCUT2D eigenvalue weighted by Crippen LogP contribution is 2.47. The van der Waals surface area contributed by atoms with Gasteiger partial charge in [-0.15, -0.1) is 0 Å². The van der Waals surface area contributed by atoms with E-state index < -0.39 is 0 Å². The average molecular weight is 497 g/mol. The molecule has 2 amide bonds. The molecule has 2 heterocycles. The number of allylic oxidation sites excluding steroid dienone is 1. The molecule has 0 unspecified atom stereocenters. The van der Waals surface area contributed by atoms with Crippen LogP contribution in [0, 0.1) is 5.82 Å². The lowest BCUT2D eigenvalue weighted by Crippen LogP contribution is -2.46. The molecular weight excluding hydrogens is 472 g/mol. The summed E-state index contributed by atoms with van der Waals surface area (Å²) in [6, 6.07) is 7.36. The SMILES string of the molecule is CC(C)=CCN1CCC2(CC1)CN(C(=O)Nc1c(Cl)cc(Cl)cc1Cl)c1ccc(F)cc12. The zero-order valence-corrected chi connectivity index (χ0v) is 20.3. The Bertz CT molecular complexity index is 1050. The van der Waals surface area contributed by atoms with E-state index in [1.165, 1.54) is 23.8 Å². The first kappa shape index (κ1) is 23.4. The molecule has 2 aromatic rings. The third kappa shape index (κ3) is 4.62. The van der Waals surface area contributed by atoms with Crippen LogP contribution in [0.2, 0.25) is 15.1 Å². The molecule has 8 heteroatoms. The summed E-state index contributed by atoms with van der Waals surface area (Å²) in [6.45, 7) is 7.37. The van der Waals surface area contributed by atoms with Crippen molar-refractivity contribution in [2.24, 2.45) is 0 Å². The van der Waals surface area contributed by atoms with Crippen LogP contribution in [-0.4, -0.2) is 37.1 Å². The molecule has 1 spiro atoms. The Morgan fingerprint density at radius 3 is 2.41 bits per heavy atom. The van der Waals surface area contributed by atoms with Crippen molar-refractivity contribution in [3.63, 3.8) is 0 Å². The fourth-order valence-electron chi connectivity index (χ4n) is 4.56. The van der Waals surface area contributed by atoms with E-state index in [9.17, 15) is 9.18 Å². The molecule has 2 aromatic carbocycles. The number of urea groups is 1. The number of hydrogen-bond acceptors (Lipinski definition) is 2. The predicted octanol–water partition coefficient (Wildman–Crippen LogP) is 7.14. The Labute approximate surface area is 202 Å². The van der Waals surface area contributed by atoms with Gasteiger partial charge in [0.15, 0.2) is 0 Å². The van der Waals surface area contributed by atoms with Gasteiger partial charge >= 0.3 is 6.03 Å². The highest BCUT2D eigenvalue weighted by atomic mass is 35.5. The second kappa shape index (κ2) is 9.22. The normalized spacial score (nSPS) is 17.4. The first-order valence-electron chi connectivity index (χ1n) is 10.6. The van der Waals surface area contributed by atoms with Crippen molar-refractivity contribution in [1.82, 2.24) is 4.90 Å². The molecule has 4 nitrogen and oxygen atoms in total. The summed E-state index contributed by atoms with van der Waals surface area (Å²) < 4.78 is 14.2. The topological polar surface area (TPSA) is 35.6 Å². The fraction of sp³-hybridized carbons (Fsp3) is 0.375. The number of nitrogens with one attached hydrogen (secondary N) is 1. The zero-order chi connectivity index (χ0) is 23.0. The molecule has 0 aliphatic carbocycles. The number of hydrogen-bond donors (Lipinski definition) is 1. The first-order chi connectivity index (χ1) is 15.2. The zero-order valence-electron chi connectivity index (χ0n) is 18.0. The third-order valence-electron chi connectivity index (χ3n) is 6.34. The maximum Gasteiger partial charge on any atom is 0.326 e. The lowest BCUT2D eigenvalue weighted by molar-refractivity contribution is 0.180. The Kier molecular flexibility index (Phi) is 6.73. The minimum absolute atomic E-state index is 0.261. The fourth-order valence-corrected chi connectivity index (χ4v) is 5.47. The number of rotatable bonds is 3. The Hall–Kier alpha value is -1.79. The molecule has 0 bridgehead atoms. The number of likely N-dealkylation sites (tertiary alicyclic amines) is 1. The van der Waals surface area contributed by atoms with Crippen LogP contribution in [0.3, 0.4) is 0 Å². The number of nitrogens with zero attached hydrogens (tertiary/aromatic N) is 2. The summed E-state index contributed by atoms with van der Waals surface area (Å²) >= 11 is 18.5. The third-order valence-corrected chi connectivity index (χ3v) is 7.15. The lowest BCUT2D eigenvalue weighted by Gasteiger charge is -2.39. The van der Waals surface area contributed by atoms with Gasteiger partial charge in [-0.2, -0.15) is 0 Å². The van der Waals surface area contributed by atoms with Crippen molar-refractivity contribution < 1.29 is 9.18 Å². The van der Waals surface area contributed by atoms with E-state index in [2.05, 4.69) is 30.1 Å². The van der Waals surface area contributed by atoms with Crippen molar-refractivity contribution in [1.29, 1.82) is 0 Å². The Morgan fingerprint density at radius 2 is 1.78 bits per heavy atom. The van der Waals surface area contributed by atoms with Crippen LogP contribution < -0.4 is 10.2 Å². The number of anilines is 2. The van der Waals surface area contributed by atoms with Gasteiger partial charge in [-0.05, 0) is 75.7 Å². The van der Waals surface area contributed by atoms with Gasteiger partial charge < -0.3 is 5.32 Å². The highest BCUT2D eigenvalue weighted by Gasteiger charge is 2.46. The average Bonchev–Trinajstić information content (AvgIpc) is 3.03. The van der Waals surface area contributed by atoms with E-state index in [0.717, 1.165) is 43.7 Å². The van der Waals surface area contributed by atoms with Gasteiger partial charge in [-0.3, -0.25) is 9.80 Å². The van der Waals surface area contributed by atoms with E-state index in [0.29, 0.717) is 17.3 Å². The Morgan fingerprint density at radius 1 is 1.12 bits per heavy atom. The van der Waals surface area contributed by atoms with Crippen molar-refractivity contribution >= 4 is 52.2 Å². The molecule has 0 saturated carbocycles. The van der Waals surface area contributed by atoms with Crippen LogP contribution in [0.15, 0.2) is 42.0 Å². The summed E-state index contributed by atoms with van der Waals surface area (Å²) in [7, 11) is 0. The van der Waals surface area contributed by atoms with Crippen molar-refractivity contribution in [3.8, 4) is 0 Å². The molecule has 1 N–H and O–H groups in total. The van der Waals surface area contributed by atoms with Gasteiger partial charge in [0.1, 0.15) is 5.82 Å². The first-order valence-corrected chi connectivity index (χ1v) is 11.7. The van der Waals surface area contributed by atoms with Gasteiger partial charge in [0.2, 0.25) is 0 Å². The monoisotopic (exact) mass is 495 g/mol. The number of benzene rings is 2. The highest BCUT2D eigenvalue weighted by molar-refractivity contribution is 6.42. The minimum atomic E-state index is -0.354. The number of amides is 2. The minimum Gasteiger partial charge on any atom is -0.305 e. The molecule has 2 aliphatic rings. The summed E-state index contributed by atoms with van der Waals surface area (Å²) in [5.41, 5.74) is 2.94. The van der Waals surface area contributed by atoms with Gasteiger partial charge in [0.25, 0.3) is 0 Å². The van der Waals surface area contributed by atoms with Gasteiger partial charge in [-0.1, -0.05) is 46.5 Å². The van der Waals surface area contributed by atoms with Crippen LogP contribution in [0.4, 0.5) is 20.6 Å². The second-order valence-corrected chi connectivity index (χ2v) is 10.0. The second-order valence-electron chi connectivity index (χ2n) is 8.78. The smallest absolute Gasteiger partial charge is 0.305 e. The van der Waals surface area contributed by atoms with Crippen molar-refractivity contribution in [2.45, 2.75) is 32.1 Å². The van der Waals surface area contributed by atoms with E-state index >= 15 is 0 Å². The molecule has 2 aliphatic heterocycles. The molecule has 1 saturated heterocycles. The molecule has 0 radical (unpaired) electrons. The molecular formula is C24H25Cl3FN3O. The van der Waals surface area contributed by atoms with Crippen LogP contribution in [0.1, 0.15) is 32.3 Å². The van der Waals surface area contributed by atoms with Gasteiger partial charge in [0.05, 0.1) is 15.7 Å². The van der Waals surface area contributed by atoms with Gasteiger partial charge in [-0.25, -0.2) is 9.18 Å². The van der Waals surface area contributed by atoms with E-state index in [-0.39, 0.29) is 27.3 Å². The van der Waals surface area contributed by atoms with Crippen LogP contribution in [0.5, 0.6) is 0 Å². The maximum atomic E-state index is 14.2. The molecule has 32 heavy (non-hydrogen) atoms. The standard InChI is InChI=1S/C24H25Cl3FN3O/c1-15(2)5-8-30-9-6-24(7-10-30)14-31(21-4-3-17(28)13-18(21)24)23(32)29-22-19(26)11-16(25)12-20(22)27/h3-5,11-13H,6-10,14H2,1-2H3,(H,29,32). The quantitative estimate of drug-likeness (QED) is 0.458. The summed E-state index contributed by atoms with van der Waals surface area (Å²) in [4.78, 5) is 17.3. The number of halogens is 4. The van der Waals surface area contributed by atoms with Crippen LogP contribution in [-0.2, 0) is 5.41 Å². The Balaban J connectivity index is 1.58. The predicted molar refractivity (Wildman–Crippen MR) is 131 cm³/mol. The van der Waals surface area contributed by atoms with Crippen molar-refractivity contribution in [2.75, 3.05) is 36.4 Å². The molecule has 0 atom stereocenters. The van der Waals surface area contributed by atoms with E-state index in [1.54, 1.807) is 17.0 Å². The lowest BCUT2D eigenvalue weighted by atomic mass is 9.74. The number of piperidine rings is 1. The van der Waals surface area contributed by atoms with Crippen molar-refractivity contribution in [3.05, 3.63) is 68.4 Å². The van der Waals surface area contributed by atoms with Crippen LogP contribution >= 0.6 is 34.8 Å². The summed E-state index contributed by atoms with van der Waals surface area (Å²) in [5, 5.41) is 3.73. The number of fused-ring (bicyclic) bond motifs is 2. The summed E-state index contributed by atoms with van der Waals surface area (Å²) in [5.74, 6) is -0.291. The number of carbonyl (C=O) groups is 1.